The van der Waals surface area contributed by atoms with Gasteiger partial charge < -0.3 is 15.5 Å². The smallest absolute Gasteiger partial charge is 0.251 e. The van der Waals surface area contributed by atoms with E-state index in [1.807, 2.05) is 42.5 Å². The van der Waals surface area contributed by atoms with Gasteiger partial charge >= 0.3 is 0 Å². The quantitative estimate of drug-likeness (QED) is 0.471. The first-order valence-electron chi connectivity index (χ1n) is 9.24. The topological polar surface area (TPSA) is 99.8 Å². The molecule has 0 atom stereocenters. The van der Waals surface area contributed by atoms with Gasteiger partial charge in [0.1, 0.15) is 0 Å². The second-order valence-corrected chi connectivity index (χ2v) is 6.55. The summed E-state index contributed by atoms with van der Waals surface area (Å²) in [5.41, 5.74) is 5.35. The van der Waals surface area contributed by atoms with Crippen LogP contribution in [0.1, 0.15) is 15.9 Å². The zero-order chi connectivity index (χ0) is 20.2. The Hall–Kier alpha value is -3.55. The third kappa shape index (κ3) is 3.87. The van der Waals surface area contributed by atoms with Crippen molar-refractivity contribution in [2.24, 2.45) is 0 Å². The van der Waals surface area contributed by atoms with Crippen molar-refractivity contribution >= 4 is 11.6 Å². The van der Waals surface area contributed by atoms with Crippen molar-refractivity contribution < 1.29 is 15.0 Å². The predicted molar refractivity (Wildman–Crippen MR) is 109 cm³/mol. The van der Waals surface area contributed by atoms with Crippen LogP contribution in [0, 0.1) is 0 Å². The third-order valence-corrected chi connectivity index (χ3v) is 4.61. The summed E-state index contributed by atoms with van der Waals surface area (Å²) in [7, 11) is 0. The number of fused-ring (bicyclic) bond motifs is 1. The first-order valence-corrected chi connectivity index (χ1v) is 9.24. The molecule has 0 bridgehead atoms. The van der Waals surface area contributed by atoms with Gasteiger partial charge in [0.2, 0.25) is 0 Å². The van der Waals surface area contributed by atoms with E-state index in [-0.39, 0.29) is 25.7 Å². The number of aromatic nitrogens is 3. The minimum atomic E-state index is -0.241. The molecule has 7 nitrogen and oxygen atoms in total. The van der Waals surface area contributed by atoms with Crippen molar-refractivity contribution in [1.82, 2.24) is 19.9 Å². The summed E-state index contributed by atoms with van der Waals surface area (Å²) in [4.78, 5) is 16.6. The summed E-state index contributed by atoms with van der Waals surface area (Å²) in [5.74, 6) is -0.241. The molecule has 0 unspecified atom stereocenters. The molecule has 1 amide bonds. The van der Waals surface area contributed by atoms with Crippen molar-refractivity contribution in [2.45, 2.75) is 6.61 Å². The Morgan fingerprint density at radius 3 is 2.59 bits per heavy atom. The fourth-order valence-electron chi connectivity index (χ4n) is 3.10. The number of aliphatic hydroxyl groups is 2. The lowest BCUT2D eigenvalue weighted by molar-refractivity contribution is 0.0945. The van der Waals surface area contributed by atoms with E-state index in [0.717, 1.165) is 22.4 Å². The number of hydrogen-bond donors (Lipinski definition) is 3. The van der Waals surface area contributed by atoms with E-state index < -0.39 is 0 Å². The van der Waals surface area contributed by atoms with Gasteiger partial charge in [0.25, 0.3) is 5.91 Å². The molecule has 2 heterocycles. The van der Waals surface area contributed by atoms with Crippen LogP contribution in [-0.4, -0.2) is 43.9 Å². The van der Waals surface area contributed by atoms with E-state index in [1.54, 1.807) is 28.9 Å². The number of hydrogen-bond acceptors (Lipinski definition) is 5. The summed E-state index contributed by atoms with van der Waals surface area (Å²) >= 11 is 0. The van der Waals surface area contributed by atoms with Crippen molar-refractivity contribution in [2.75, 3.05) is 13.2 Å². The van der Waals surface area contributed by atoms with Crippen LogP contribution in [-0.2, 0) is 6.61 Å². The highest BCUT2D eigenvalue weighted by Crippen LogP contribution is 2.24. The first-order chi connectivity index (χ1) is 14.2. The number of carbonyl (C=O) groups excluding carboxylic acids is 1. The molecule has 0 aliphatic carbocycles. The van der Waals surface area contributed by atoms with Gasteiger partial charge in [-0.15, -0.1) is 0 Å². The first kappa shape index (κ1) is 18.8. The van der Waals surface area contributed by atoms with E-state index >= 15 is 0 Å². The van der Waals surface area contributed by atoms with Crippen molar-refractivity contribution in [3.05, 3.63) is 78.0 Å². The van der Waals surface area contributed by atoms with E-state index in [9.17, 15) is 9.90 Å². The van der Waals surface area contributed by atoms with Crippen molar-refractivity contribution in [3.8, 4) is 22.5 Å². The number of benzene rings is 2. The number of amides is 1. The Morgan fingerprint density at radius 2 is 1.83 bits per heavy atom. The molecule has 0 spiro atoms. The minimum Gasteiger partial charge on any atom is -0.395 e. The van der Waals surface area contributed by atoms with Gasteiger partial charge in [-0.05, 0) is 29.8 Å². The maximum Gasteiger partial charge on any atom is 0.251 e. The molecule has 0 aliphatic rings. The molecule has 0 saturated heterocycles. The molecule has 4 rings (SSSR count). The number of nitrogens with zero attached hydrogens (tertiary/aromatic N) is 3. The van der Waals surface area contributed by atoms with Crippen LogP contribution >= 0.6 is 0 Å². The van der Waals surface area contributed by atoms with Gasteiger partial charge in [-0.2, -0.15) is 5.10 Å². The number of imidazole rings is 1. The number of aliphatic hydroxyl groups excluding tert-OH is 2. The highest BCUT2D eigenvalue weighted by Gasteiger charge is 2.11. The van der Waals surface area contributed by atoms with Gasteiger partial charge in [-0.1, -0.05) is 36.4 Å². The number of carbonyl (C=O) groups is 1. The summed E-state index contributed by atoms with van der Waals surface area (Å²) < 4.78 is 1.77. The molecule has 0 radical (unpaired) electrons. The lowest BCUT2D eigenvalue weighted by atomic mass is 10.1. The van der Waals surface area contributed by atoms with Crippen LogP contribution in [0.25, 0.3) is 28.2 Å². The SMILES string of the molecule is O=C(NCCO)c1cccc(-c2ccc3ncc(-c4ccc(CO)cc4)n3n2)c1. The molecule has 29 heavy (non-hydrogen) atoms. The zero-order valence-corrected chi connectivity index (χ0v) is 15.6. The maximum absolute atomic E-state index is 12.2. The predicted octanol–water partition coefficient (Wildman–Crippen LogP) is 2.28. The lowest BCUT2D eigenvalue weighted by Gasteiger charge is -2.07. The van der Waals surface area contributed by atoms with Crippen LogP contribution in [0.2, 0.25) is 0 Å². The van der Waals surface area contributed by atoms with Crippen LogP contribution in [0.5, 0.6) is 0 Å². The fourth-order valence-corrected chi connectivity index (χ4v) is 3.10. The van der Waals surface area contributed by atoms with E-state index in [2.05, 4.69) is 10.3 Å². The van der Waals surface area contributed by atoms with E-state index in [0.29, 0.717) is 16.9 Å². The highest BCUT2D eigenvalue weighted by atomic mass is 16.3. The Bertz CT molecular complexity index is 1150. The summed E-state index contributed by atoms with van der Waals surface area (Å²) in [6.45, 7) is 0.102. The third-order valence-electron chi connectivity index (χ3n) is 4.61. The van der Waals surface area contributed by atoms with Gasteiger partial charge in [-0.3, -0.25) is 4.79 Å². The number of nitrogens with one attached hydrogen (secondary N) is 1. The van der Waals surface area contributed by atoms with Crippen LogP contribution in [0.3, 0.4) is 0 Å². The molecule has 7 heteroatoms. The van der Waals surface area contributed by atoms with E-state index in [1.165, 1.54) is 0 Å². The second kappa shape index (κ2) is 8.22. The van der Waals surface area contributed by atoms with Gasteiger partial charge in [0, 0.05) is 23.2 Å². The summed E-state index contributed by atoms with van der Waals surface area (Å²) in [5, 5.41) is 25.5. The molecule has 3 N–H and O–H groups in total. The zero-order valence-electron chi connectivity index (χ0n) is 15.6. The molecule has 0 fully saturated rings. The lowest BCUT2D eigenvalue weighted by Crippen LogP contribution is -2.26. The molecule has 146 valence electrons. The van der Waals surface area contributed by atoms with E-state index in [4.69, 9.17) is 10.2 Å². The van der Waals surface area contributed by atoms with Crippen LogP contribution < -0.4 is 5.32 Å². The molecule has 0 saturated carbocycles. The fraction of sp³-hybridized carbons (Fsp3) is 0.136. The summed E-state index contributed by atoms with van der Waals surface area (Å²) in [6.07, 6.45) is 1.76. The molecular weight excluding hydrogens is 368 g/mol. The normalized spacial score (nSPS) is 11.0. The van der Waals surface area contributed by atoms with Crippen molar-refractivity contribution in [1.29, 1.82) is 0 Å². The van der Waals surface area contributed by atoms with Crippen LogP contribution in [0.4, 0.5) is 0 Å². The average Bonchev–Trinajstić information content (AvgIpc) is 3.21. The van der Waals surface area contributed by atoms with Gasteiger partial charge in [-0.25, -0.2) is 9.50 Å². The Morgan fingerprint density at radius 1 is 1.00 bits per heavy atom. The average molecular weight is 388 g/mol. The Kier molecular flexibility index (Phi) is 5.33. The largest absolute Gasteiger partial charge is 0.395 e. The molecule has 2 aromatic carbocycles. The molecular formula is C22H20N4O3. The second-order valence-electron chi connectivity index (χ2n) is 6.55. The van der Waals surface area contributed by atoms with Gasteiger partial charge in [0.15, 0.2) is 5.65 Å². The standard InChI is InChI=1S/C22H20N4O3/c27-11-10-23-22(29)18-3-1-2-17(12-18)19-8-9-21-24-13-20(26(21)25-19)16-6-4-15(14-28)5-7-16/h1-9,12-13,27-28H,10-11,14H2,(H,23,29). The Labute approximate surface area is 167 Å². The van der Waals surface area contributed by atoms with Gasteiger partial charge in [0.05, 0.1) is 30.8 Å². The number of rotatable bonds is 6. The highest BCUT2D eigenvalue weighted by molar-refractivity contribution is 5.95. The molecule has 0 aliphatic heterocycles. The van der Waals surface area contributed by atoms with Crippen molar-refractivity contribution in [3.63, 3.8) is 0 Å². The summed E-state index contributed by atoms with van der Waals surface area (Å²) in [6, 6.07) is 18.5. The Balaban J connectivity index is 1.71. The molecule has 2 aromatic heterocycles. The monoisotopic (exact) mass is 388 g/mol. The minimum absolute atomic E-state index is 0.00193. The molecule has 4 aromatic rings. The van der Waals surface area contributed by atoms with Crippen LogP contribution in [0.15, 0.2) is 66.9 Å². The maximum atomic E-state index is 12.2.